The number of carbonyl (C=O) groups is 1. The highest BCUT2D eigenvalue weighted by Gasteiger charge is 2.36. The van der Waals surface area contributed by atoms with Gasteiger partial charge in [0.2, 0.25) is 5.91 Å². The van der Waals surface area contributed by atoms with E-state index in [-0.39, 0.29) is 0 Å². The first kappa shape index (κ1) is 19.2. The van der Waals surface area contributed by atoms with Gasteiger partial charge in [0.25, 0.3) is 0 Å². The highest BCUT2D eigenvalue weighted by atomic mass is 16.2. The molecule has 0 N–H and O–H groups in total. The number of nitrogens with zero attached hydrogens (tertiary/aromatic N) is 6. The summed E-state index contributed by atoms with van der Waals surface area (Å²) in [7, 11) is 2.01. The summed E-state index contributed by atoms with van der Waals surface area (Å²) in [5.74, 6) is 1.99. The number of pyridine rings is 1. The average molecular weight is 427 g/mol. The van der Waals surface area contributed by atoms with Crippen LogP contribution in [0, 0.1) is 11.8 Å². The molecule has 1 saturated carbocycles. The molecule has 0 bridgehead atoms. The Morgan fingerprint density at radius 1 is 1.06 bits per heavy atom. The molecular formula is C25H26N6O. The molecule has 0 radical (unpaired) electrons. The van der Waals surface area contributed by atoms with Crippen molar-refractivity contribution in [2.75, 3.05) is 13.1 Å². The Morgan fingerprint density at radius 2 is 1.88 bits per heavy atom. The number of hydrogen-bond acceptors (Lipinski definition) is 4. The van der Waals surface area contributed by atoms with E-state index in [0.717, 1.165) is 72.4 Å². The predicted octanol–water partition coefficient (Wildman–Crippen LogP) is 3.76. The van der Waals surface area contributed by atoms with Crippen molar-refractivity contribution in [3.63, 3.8) is 0 Å². The molecule has 7 heteroatoms. The molecule has 3 aromatic heterocycles. The quantitative estimate of drug-likeness (QED) is 0.487. The summed E-state index contributed by atoms with van der Waals surface area (Å²) >= 11 is 0. The number of amides is 1. The van der Waals surface area contributed by atoms with E-state index in [2.05, 4.69) is 61.0 Å². The van der Waals surface area contributed by atoms with Crippen LogP contribution in [0.25, 0.3) is 33.5 Å². The third kappa shape index (κ3) is 3.47. The van der Waals surface area contributed by atoms with Crippen LogP contribution in [0.4, 0.5) is 0 Å². The number of hydrogen-bond donors (Lipinski definition) is 0. The minimum atomic E-state index is 0.301. The first-order valence-electron chi connectivity index (χ1n) is 11.3. The van der Waals surface area contributed by atoms with E-state index < -0.39 is 0 Å². The van der Waals surface area contributed by atoms with Gasteiger partial charge in [-0.25, -0.2) is 4.98 Å². The number of benzene rings is 1. The van der Waals surface area contributed by atoms with Gasteiger partial charge in [0.1, 0.15) is 12.0 Å². The van der Waals surface area contributed by atoms with E-state index in [1.54, 1.807) is 0 Å². The van der Waals surface area contributed by atoms with E-state index in [1.165, 1.54) is 0 Å². The highest BCUT2D eigenvalue weighted by molar-refractivity contribution is 5.82. The summed E-state index contributed by atoms with van der Waals surface area (Å²) < 4.78 is 4.16. The summed E-state index contributed by atoms with van der Waals surface area (Å²) in [5.41, 5.74) is 4.26. The molecule has 4 aromatic rings. The maximum Gasteiger partial charge on any atom is 0.225 e. The lowest BCUT2D eigenvalue weighted by Crippen LogP contribution is -2.30. The van der Waals surface area contributed by atoms with Gasteiger partial charge >= 0.3 is 0 Å². The second-order valence-corrected chi connectivity index (χ2v) is 9.16. The van der Waals surface area contributed by atoms with Crippen molar-refractivity contribution >= 4 is 16.9 Å². The molecule has 7 nitrogen and oxygen atoms in total. The van der Waals surface area contributed by atoms with Crippen molar-refractivity contribution in [3.8, 4) is 22.5 Å². The maximum absolute atomic E-state index is 12.4. The molecule has 6 rings (SSSR count). The maximum atomic E-state index is 12.4. The predicted molar refractivity (Wildman–Crippen MR) is 123 cm³/mol. The van der Waals surface area contributed by atoms with Gasteiger partial charge in [-0.05, 0) is 42.9 Å². The van der Waals surface area contributed by atoms with Crippen molar-refractivity contribution in [2.24, 2.45) is 18.9 Å². The van der Waals surface area contributed by atoms with Crippen LogP contribution in [-0.2, 0) is 18.4 Å². The highest BCUT2D eigenvalue weighted by Crippen LogP contribution is 2.33. The minimum Gasteiger partial charge on any atom is -0.342 e. The van der Waals surface area contributed by atoms with Crippen molar-refractivity contribution in [2.45, 2.75) is 25.8 Å². The van der Waals surface area contributed by atoms with Crippen LogP contribution in [0.5, 0.6) is 0 Å². The molecule has 4 heterocycles. The molecule has 2 fully saturated rings. The summed E-state index contributed by atoms with van der Waals surface area (Å²) in [5, 5.41) is 9.69. The zero-order valence-corrected chi connectivity index (χ0v) is 18.2. The fourth-order valence-electron chi connectivity index (χ4n) is 4.78. The van der Waals surface area contributed by atoms with Crippen LogP contribution in [0.3, 0.4) is 0 Å². The summed E-state index contributed by atoms with van der Waals surface area (Å²) in [6, 6.07) is 12.7. The fraction of sp³-hybridized carbons (Fsp3) is 0.360. The van der Waals surface area contributed by atoms with Gasteiger partial charge in [0.15, 0.2) is 5.82 Å². The Hall–Kier alpha value is -3.48. The van der Waals surface area contributed by atoms with E-state index in [4.69, 9.17) is 0 Å². The standard InChI is InChI=1S/C25H26N6O/c1-29-10-9-21-12-22(13-26-23(21)29)18-2-4-19(5-3-18)24-28-27-16-31(24)15-17-8-11-30(14-17)25(32)20-6-7-20/h2-5,9-10,12-13,16-17,20H,6-8,11,14-15H2,1H3. The Bertz CT molecular complexity index is 1280. The molecular weight excluding hydrogens is 400 g/mol. The normalized spacial score (nSPS) is 18.5. The van der Waals surface area contributed by atoms with Crippen molar-refractivity contribution in [1.29, 1.82) is 0 Å². The molecule has 1 unspecified atom stereocenters. The number of aryl methyl sites for hydroxylation is 1. The number of rotatable bonds is 5. The molecule has 1 saturated heterocycles. The van der Waals surface area contributed by atoms with Crippen molar-refractivity contribution < 1.29 is 4.79 Å². The third-order valence-corrected chi connectivity index (χ3v) is 6.78. The van der Waals surface area contributed by atoms with E-state index >= 15 is 0 Å². The summed E-state index contributed by atoms with van der Waals surface area (Å²) in [6.07, 6.45) is 8.95. The Morgan fingerprint density at radius 3 is 2.69 bits per heavy atom. The molecule has 1 aromatic carbocycles. The van der Waals surface area contributed by atoms with Crippen LogP contribution < -0.4 is 0 Å². The third-order valence-electron chi connectivity index (χ3n) is 6.78. The van der Waals surface area contributed by atoms with Gasteiger partial charge in [-0.3, -0.25) is 4.79 Å². The monoisotopic (exact) mass is 426 g/mol. The number of likely N-dealkylation sites (tertiary alicyclic amines) is 1. The first-order chi connectivity index (χ1) is 15.7. The van der Waals surface area contributed by atoms with Gasteiger partial charge in [0.05, 0.1) is 0 Å². The van der Waals surface area contributed by atoms with Crippen molar-refractivity contribution in [3.05, 3.63) is 55.1 Å². The first-order valence-corrected chi connectivity index (χ1v) is 11.3. The second kappa shape index (κ2) is 7.58. The van der Waals surface area contributed by atoms with Gasteiger partial charge in [0, 0.05) is 61.5 Å². The topological polar surface area (TPSA) is 68.8 Å². The number of fused-ring (bicyclic) bond motifs is 1. The lowest BCUT2D eigenvalue weighted by Gasteiger charge is -2.17. The molecule has 1 atom stereocenters. The largest absolute Gasteiger partial charge is 0.342 e. The minimum absolute atomic E-state index is 0.301. The lowest BCUT2D eigenvalue weighted by molar-refractivity contribution is -0.131. The van der Waals surface area contributed by atoms with Crippen LogP contribution >= 0.6 is 0 Å². The molecule has 0 spiro atoms. The van der Waals surface area contributed by atoms with E-state index in [1.807, 2.05) is 30.3 Å². The summed E-state index contributed by atoms with van der Waals surface area (Å²) in [6.45, 7) is 2.57. The number of aromatic nitrogens is 5. The second-order valence-electron chi connectivity index (χ2n) is 9.16. The zero-order valence-electron chi connectivity index (χ0n) is 18.2. The SMILES string of the molecule is Cn1ccc2cc(-c3ccc(-c4nncn4CC4CCN(C(=O)C5CC5)C4)cc3)cnc21. The Balaban J connectivity index is 1.18. The lowest BCUT2D eigenvalue weighted by atomic mass is 10.0. The Labute approximate surface area is 186 Å². The van der Waals surface area contributed by atoms with Gasteiger partial charge in [-0.15, -0.1) is 10.2 Å². The zero-order chi connectivity index (χ0) is 21.7. The van der Waals surface area contributed by atoms with E-state index in [9.17, 15) is 4.79 Å². The smallest absolute Gasteiger partial charge is 0.225 e. The fourth-order valence-corrected chi connectivity index (χ4v) is 4.78. The molecule has 1 aliphatic heterocycles. The van der Waals surface area contributed by atoms with Crippen LogP contribution in [0.15, 0.2) is 55.1 Å². The summed E-state index contributed by atoms with van der Waals surface area (Å²) in [4.78, 5) is 19.0. The van der Waals surface area contributed by atoms with Crippen LogP contribution in [0.2, 0.25) is 0 Å². The van der Waals surface area contributed by atoms with Crippen molar-refractivity contribution in [1.82, 2.24) is 29.2 Å². The average Bonchev–Trinajstić information content (AvgIpc) is 3.21. The molecule has 1 aliphatic carbocycles. The van der Waals surface area contributed by atoms with Gasteiger partial charge in [-0.2, -0.15) is 0 Å². The van der Waals surface area contributed by atoms with E-state index in [0.29, 0.717) is 17.7 Å². The number of carbonyl (C=O) groups excluding carboxylic acids is 1. The van der Waals surface area contributed by atoms with Gasteiger partial charge < -0.3 is 14.0 Å². The molecule has 162 valence electrons. The molecule has 1 amide bonds. The molecule has 32 heavy (non-hydrogen) atoms. The van der Waals surface area contributed by atoms with Crippen LogP contribution in [-0.4, -0.2) is 48.2 Å². The van der Waals surface area contributed by atoms with Crippen LogP contribution in [0.1, 0.15) is 19.3 Å². The molecule has 2 aliphatic rings. The van der Waals surface area contributed by atoms with Gasteiger partial charge in [-0.1, -0.05) is 24.3 Å². The Kier molecular flexibility index (Phi) is 4.56.